The largest absolute Gasteiger partial charge is 0.370 e. The lowest BCUT2D eigenvalue weighted by atomic mass is 10.0. The summed E-state index contributed by atoms with van der Waals surface area (Å²) >= 11 is 0. The first-order chi connectivity index (χ1) is 8.05. The molecule has 2 unspecified atom stereocenters. The van der Waals surface area contributed by atoms with Gasteiger partial charge in [0.2, 0.25) is 11.7 Å². The zero-order valence-electron chi connectivity index (χ0n) is 10.9. The molecule has 0 radical (unpaired) electrons. The number of hydrogen-bond acceptors (Lipinski definition) is 5. The molecular weight excluding hydrogens is 218 g/mol. The van der Waals surface area contributed by atoms with Crippen LogP contribution in [0.1, 0.15) is 45.3 Å². The van der Waals surface area contributed by atoms with Crippen LogP contribution in [-0.4, -0.2) is 17.3 Å². The highest BCUT2D eigenvalue weighted by atomic mass is 16.5. The van der Waals surface area contributed by atoms with Crippen LogP contribution in [0.15, 0.2) is 4.52 Å². The maximum Gasteiger partial charge on any atom is 0.227 e. The molecular formula is C12H19N3O2. The van der Waals surface area contributed by atoms with Crippen LogP contribution < -0.4 is 0 Å². The van der Waals surface area contributed by atoms with Crippen molar-refractivity contribution in [3.8, 4) is 6.07 Å². The van der Waals surface area contributed by atoms with E-state index in [0.717, 1.165) is 6.42 Å². The number of nitriles is 1. The summed E-state index contributed by atoms with van der Waals surface area (Å²) in [4.78, 5) is 4.33. The molecule has 0 bridgehead atoms. The van der Waals surface area contributed by atoms with Gasteiger partial charge in [0.15, 0.2) is 0 Å². The van der Waals surface area contributed by atoms with Crippen molar-refractivity contribution in [2.45, 2.75) is 45.6 Å². The summed E-state index contributed by atoms with van der Waals surface area (Å²) in [6.07, 6.45) is 1.90. The Kier molecular flexibility index (Phi) is 4.64. The molecule has 2 atom stereocenters. The Morgan fingerprint density at radius 1 is 1.59 bits per heavy atom. The van der Waals surface area contributed by atoms with E-state index in [0.29, 0.717) is 24.6 Å². The smallest absolute Gasteiger partial charge is 0.227 e. The van der Waals surface area contributed by atoms with E-state index >= 15 is 0 Å². The van der Waals surface area contributed by atoms with Crippen molar-refractivity contribution in [2.24, 2.45) is 5.92 Å². The van der Waals surface area contributed by atoms with Crippen molar-refractivity contribution in [2.75, 3.05) is 7.11 Å². The van der Waals surface area contributed by atoms with Gasteiger partial charge in [-0.3, -0.25) is 0 Å². The summed E-state index contributed by atoms with van der Waals surface area (Å²) in [5.41, 5.74) is -0.500. The summed E-state index contributed by atoms with van der Waals surface area (Å²) in [5.74, 6) is 1.37. The van der Waals surface area contributed by atoms with Crippen LogP contribution in [0.3, 0.4) is 0 Å². The highest BCUT2D eigenvalue weighted by molar-refractivity contribution is 4.99. The lowest BCUT2D eigenvalue weighted by molar-refractivity contribution is -0.0106. The van der Waals surface area contributed by atoms with E-state index in [-0.39, 0.29) is 5.92 Å². The fourth-order valence-electron chi connectivity index (χ4n) is 1.47. The van der Waals surface area contributed by atoms with Crippen molar-refractivity contribution in [3.63, 3.8) is 0 Å². The second-order valence-electron chi connectivity index (χ2n) is 4.47. The Morgan fingerprint density at radius 2 is 2.29 bits per heavy atom. The van der Waals surface area contributed by atoms with E-state index < -0.39 is 5.60 Å². The van der Waals surface area contributed by atoms with Crippen LogP contribution in [0.4, 0.5) is 0 Å². The fraction of sp³-hybridized carbons (Fsp3) is 0.750. The SMILES string of the molecule is CCC(C)(OC)c1noc(CC(C)CC#N)n1. The molecule has 0 aromatic carbocycles. The molecule has 1 aromatic heterocycles. The van der Waals surface area contributed by atoms with Crippen LogP contribution in [0, 0.1) is 17.2 Å². The van der Waals surface area contributed by atoms with Crippen LogP contribution >= 0.6 is 0 Å². The van der Waals surface area contributed by atoms with E-state index in [1.807, 2.05) is 20.8 Å². The van der Waals surface area contributed by atoms with Gasteiger partial charge in [-0.05, 0) is 19.3 Å². The fourth-order valence-corrected chi connectivity index (χ4v) is 1.47. The molecule has 0 aliphatic rings. The Morgan fingerprint density at radius 3 is 2.82 bits per heavy atom. The Balaban J connectivity index is 2.75. The maximum atomic E-state index is 8.59. The molecule has 17 heavy (non-hydrogen) atoms. The quantitative estimate of drug-likeness (QED) is 0.759. The summed E-state index contributed by atoms with van der Waals surface area (Å²) in [6.45, 7) is 5.93. The van der Waals surface area contributed by atoms with E-state index in [1.54, 1.807) is 7.11 Å². The topological polar surface area (TPSA) is 71.9 Å². The minimum atomic E-state index is -0.500. The van der Waals surface area contributed by atoms with E-state index in [2.05, 4.69) is 16.2 Å². The third-order valence-corrected chi connectivity index (χ3v) is 3.03. The maximum absolute atomic E-state index is 8.59. The van der Waals surface area contributed by atoms with Gasteiger partial charge in [-0.2, -0.15) is 10.2 Å². The average molecular weight is 237 g/mol. The van der Waals surface area contributed by atoms with Crippen molar-refractivity contribution in [3.05, 3.63) is 11.7 Å². The minimum absolute atomic E-state index is 0.226. The second-order valence-corrected chi connectivity index (χ2v) is 4.47. The summed E-state index contributed by atoms with van der Waals surface area (Å²) < 4.78 is 10.6. The highest BCUT2D eigenvalue weighted by Crippen LogP contribution is 2.25. The van der Waals surface area contributed by atoms with Gasteiger partial charge in [0.25, 0.3) is 0 Å². The van der Waals surface area contributed by atoms with Crippen molar-refractivity contribution in [1.29, 1.82) is 5.26 Å². The lowest BCUT2D eigenvalue weighted by Crippen LogP contribution is -2.24. The Bertz CT molecular complexity index is 391. The number of hydrogen-bond donors (Lipinski definition) is 0. The standard InChI is InChI=1S/C12H19N3O2/c1-5-12(3,16-4)11-14-10(17-15-11)8-9(2)6-7-13/h9H,5-6,8H2,1-4H3. The molecule has 0 saturated heterocycles. The van der Waals surface area contributed by atoms with E-state index in [1.165, 1.54) is 0 Å². The van der Waals surface area contributed by atoms with Crippen LogP contribution in [0.5, 0.6) is 0 Å². The number of methoxy groups -OCH3 is 1. The van der Waals surface area contributed by atoms with Gasteiger partial charge in [0, 0.05) is 20.0 Å². The van der Waals surface area contributed by atoms with E-state index in [9.17, 15) is 0 Å². The summed E-state index contributed by atoms with van der Waals surface area (Å²) in [5, 5.41) is 12.5. The molecule has 1 rings (SSSR count). The zero-order chi connectivity index (χ0) is 12.9. The number of aromatic nitrogens is 2. The number of ether oxygens (including phenoxy) is 1. The molecule has 0 spiro atoms. The van der Waals surface area contributed by atoms with Crippen LogP contribution in [0.25, 0.3) is 0 Å². The van der Waals surface area contributed by atoms with Crippen LogP contribution in [-0.2, 0) is 16.8 Å². The van der Waals surface area contributed by atoms with Gasteiger partial charge < -0.3 is 9.26 Å². The molecule has 0 aliphatic heterocycles. The van der Waals surface area contributed by atoms with Gasteiger partial charge in [0.05, 0.1) is 6.07 Å². The predicted molar refractivity (Wildman–Crippen MR) is 62.0 cm³/mol. The minimum Gasteiger partial charge on any atom is -0.370 e. The molecule has 0 aliphatic carbocycles. The summed E-state index contributed by atoms with van der Waals surface area (Å²) in [6, 6.07) is 2.13. The molecule has 5 nitrogen and oxygen atoms in total. The lowest BCUT2D eigenvalue weighted by Gasteiger charge is -2.21. The summed E-state index contributed by atoms with van der Waals surface area (Å²) in [7, 11) is 1.64. The molecule has 0 fully saturated rings. The van der Waals surface area contributed by atoms with Gasteiger partial charge >= 0.3 is 0 Å². The molecule has 1 aromatic rings. The predicted octanol–water partition coefficient (Wildman–Crippen LogP) is 2.43. The zero-order valence-corrected chi connectivity index (χ0v) is 10.9. The Labute approximate surface area is 102 Å². The third-order valence-electron chi connectivity index (χ3n) is 3.03. The molecule has 0 amide bonds. The van der Waals surface area contributed by atoms with Crippen molar-refractivity contribution in [1.82, 2.24) is 10.1 Å². The van der Waals surface area contributed by atoms with Crippen molar-refractivity contribution < 1.29 is 9.26 Å². The molecule has 5 heteroatoms. The van der Waals surface area contributed by atoms with E-state index in [4.69, 9.17) is 14.5 Å². The van der Waals surface area contributed by atoms with Gasteiger partial charge in [-0.15, -0.1) is 0 Å². The molecule has 1 heterocycles. The van der Waals surface area contributed by atoms with Gasteiger partial charge in [0.1, 0.15) is 5.60 Å². The van der Waals surface area contributed by atoms with Crippen molar-refractivity contribution >= 4 is 0 Å². The first kappa shape index (κ1) is 13.7. The number of nitrogens with zero attached hydrogens (tertiary/aromatic N) is 3. The first-order valence-corrected chi connectivity index (χ1v) is 5.81. The first-order valence-electron chi connectivity index (χ1n) is 5.81. The van der Waals surface area contributed by atoms with Crippen LogP contribution in [0.2, 0.25) is 0 Å². The normalized spacial score (nSPS) is 16.2. The highest BCUT2D eigenvalue weighted by Gasteiger charge is 2.30. The Hall–Kier alpha value is -1.41. The third kappa shape index (κ3) is 3.27. The van der Waals surface area contributed by atoms with Gasteiger partial charge in [-0.1, -0.05) is 19.0 Å². The van der Waals surface area contributed by atoms with Gasteiger partial charge in [-0.25, -0.2) is 0 Å². The second kappa shape index (κ2) is 5.78. The molecule has 0 saturated carbocycles. The molecule has 94 valence electrons. The number of rotatable bonds is 6. The molecule has 0 N–H and O–H groups in total. The average Bonchev–Trinajstić information content (AvgIpc) is 2.77. The monoisotopic (exact) mass is 237 g/mol.